The summed E-state index contributed by atoms with van der Waals surface area (Å²) in [6.45, 7) is 2.62. The Bertz CT molecular complexity index is 735. The zero-order valence-corrected chi connectivity index (χ0v) is 14.3. The van der Waals surface area contributed by atoms with E-state index in [0.717, 1.165) is 18.2 Å². The van der Waals surface area contributed by atoms with E-state index in [0.29, 0.717) is 0 Å². The van der Waals surface area contributed by atoms with Gasteiger partial charge in [0.1, 0.15) is 5.82 Å². The standard InChI is InChI=1S/C15H21FN2O5S/c1-10-7-11(16)3-4-12(10)24(22,23)17-8-14(20)18-6-5-15(2,21)13(19)9-18/h3-4,7,13,17,19,21H,5-6,8-9H2,1-2H3/t13-,15+/m0/s1. The second-order valence-electron chi connectivity index (χ2n) is 6.20. The number of likely N-dealkylation sites (tertiary alicyclic amines) is 1. The van der Waals surface area contributed by atoms with Crippen LogP contribution in [-0.4, -0.2) is 60.8 Å². The SMILES string of the molecule is Cc1cc(F)ccc1S(=O)(=O)NCC(=O)N1CC[C@@](C)(O)[C@@H](O)C1. The summed E-state index contributed by atoms with van der Waals surface area (Å²) in [6.07, 6.45) is -0.893. The number of nitrogens with one attached hydrogen (secondary N) is 1. The first kappa shape index (κ1) is 18.8. The number of piperidine rings is 1. The van der Waals surface area contributed by atoms with Crippen molar-refractivity contribution in [2.24, 2.45) is 0 Å². The summed E-state index contributed by atoms with van der Waals surface area (Å²) in [7, 11) is -3.95. The predicted molar refractivity (Wildman–Crippen MR) is 84.2 cm³/mol. The Morgan fingerprint density at radius 3 is 2.75 bits per heavy atom. The lowest BCUT2D eigenvalue weighted by molar-refractivity contribution is -0.145. The van der Waals surface area contributed by atoms with Crippen LogP contribution in [0.4, 0.5) is 4.39 Å². The second-order valence-corrected chi connectivity index (χ2v) is 7.93. The Labute approximate surface area is 140 Å². The molecule has 2 rings (SSSR count). The third kappa shape index (κ3) is 4.10. The maximum Gasteiger partial charge on any atom is 0.241 e. The van der Waals surface area contributed by atoms with Crippen molar-refractivity contribution in [3.8, 4) is 0 Å². The summed E-state index contributed by atoms with van der Waals surface area (Å²) in [4.78, 5) is 13.3. The van der Waals surface area contributed by atoms with Gasteiger partial charge in [-0.15, -0.1) is 0 Å². The van der Waals surface area contributed by atoms with Crippen LogP contribution >= 0.6 is 0 Å². The number of rotatable bonds is 4. The molecular formula is C15H21FN2O5S. The summed E-state index contributed by atoms with van der Waals surface area (Å²) < 4.78 is 39.7. The first-order valence-corrected chi connectivity index (χ1v) is 8.95. The lowest BCUT2D eigenvalue weighted by Gasteiger charge is -2.39. The highest BCUT2D eigenvalue weighted by molar-refractivity contribution is 7.89. The molecule has 0 unspecified atom stereocenters. The van der Waals surface area contributed by atoms with E-state index in [-0.39, 0.29) is 30.0 Å². The van der Waals surface area contributed by atoms with Crippen LogP contribution in [0, 0.1) is 12.7 Å². The molecule has 0 aromatic heterocycles. The van der Waals surface area contributed by atoms with Gasteiger partial charge in [-0.1, -0.05) is 0 Å². The summed E-state index contributed by atoms with van der Waals surface area (Å²) in [5, 5.41) is 19.7. The first-order valence-electron chi connectivity index (χ1n) is 7.47. The highest BCUT2D eigenvalue weighted by Crippen LogP contribution is 2.22. The van der Waals surface area contributed by atoms with E-state index in [9.17, 15) is 27.8 Å². The van der Waals surface area contributed by atoms with Gasteiger partial charge in [-0.2, -0.15) is 0 Å². The number of hydrogen-bond donors (Lipinski definition) is 3. The van der Waals surface area contributed by atoms with E-state index in [1.165, 1.54) is 18.7 Å². The molecular weight excluding hydrogens is 339 g/mol. The minimum absolute atomic E-state index is 0.0663. The average molecular weight is 360 g/mol. The fourth-order valence-electron chi connectivity index (χ4n) is 2.51. The molecule has 1 heterocycles. The number of aliphatic hydroxyl groups is 2. The van der Waals surface area contributed by atoms with Crippen LogP contribution in [0.25, 0.3) is 0 Å². The minimum atomic E-state index is -3.95. The zero-order valence-electron chi connectivity index (χ0n) is 13.5. The number of nitrogens with zero attached hydrogens (tertiary/aromatic N) is 1. The van der Waals surface area contributed by atoms with Crippen LogP contribution in [0.1, 0.15) is 18.9 Å². The number of aliphatic hydroxyl groups excluding tert-OH is 1. The Hall–Kier alpha value is -1.55. The van der Waals surface area contributed by atoms with Crippen molar-refractivity contribution in [1.82, 2.24) is 9.62 Å². The molecule has 1 amide bonds. The van der Waals surface area contributed by atoms with Gasteiger partial charge in [-0.3, -0.25) is 4.79 Å². The van der Waals surface area contributed by atoms with Gasteiger partial charge >= 0.3 is 0 Å². The van der Waals surface area contributed by atoms with Gasteiger partial charge in [-0.05, 0) is 44.0 Å². The lowest BCUT2D eigenvalue weighted by atomic mass is 9.91. The van der Waals surface area contributed by atoms with E-state index in [4.69, 9.17) is 0 Å². The van der Waals surface area contributed by atoms with Crippen molar-refractivity contribution in [2.45, 2.75) is 36.9 Å². The molecule has 7 nitrogen and oxygen atoms in total. The zero-order chi connectivity index (χ0) is 18.1. The summed E-state index contributed by atoms with van der Waals surface area (Å²) >= 11 is 0. The van der Waals surface area contributed by atoms with Gasteiger partial charge in [0.05, 0.1) is 23.1 Å². The van der Waals surface area contributed by atoms with E-state index in [2.05, 4.69) is 4.72 Å². The number of aryl methyl sites for hydroxylation is 1. The van der Waals surface area contributed by atoms with Crippen LogP contribution in [0.2, 0.25) is 0 Å². The van der Waals surface area contributed by atoms with Gasteiger partial charge in [0.2, 0.25) is 15.9 Å². The third-order valence-electron chi connectivity index (χ3n) is 4.19. The average Bonchev–Trinajstić information content (AvgIpc) is 2.47. The molecule has 3 N–H and O–H groups in total. The van der Waals surface area contributed by atoms with E-state index in [1.54, 1.807) is 0 Å². The van der Waals surface area contributed by atoms with Gasteiger partial charge in [0, 0.05) is 13.1 Å². The van der Waals surface area contributed by atoms with Gasteiger partial charge < -0.3 is 15.1 Å². The van der Waals surface area contributed by atoms with E-state index < -0.39 is 40.0 Å². The van der Waals surface area contributed by atoms with Crippen molar-refractivity contribution in [2.75, 3.05) is 19.6 Å². The Morgan fingerprint density at radius 2 is 2.17 bits per heavy atom. The van der Waals surface area contributed by atoms with Crippen molar-refractivity contribution in [1.29, 1.82) is 0 Å². The fraction of sp³-hybridized carbons (Fsp3) is 0.533. The largest absolute Gasteiger partial charge is 0.388 e. The van der Waals surface area contributed by atoms with Crippen molar-refractivity contribution >= 4 is 15.9 Å². The number of sulfonamides is 1. The molecule has 1 aromatic carbocycles. The second kappa shape index (κ2) is 6.75. The van der Waals surface area contributed by atoms with Crippen LogP contribution in [-0.2, 0) is 14.8 Å². The maximum absolute atomic E-state index is 13.1. The highest BCUT2D eigenvalue weighted by atomic mass is 32.2. The third-order valence-corrected chi connectivity index (χ3v) is 5.75. The summed E-state index contributed by atoms with van der Waals surface area (Å²) in [6, 6.07) is 3.27. The van der Waals surface area contributed by atoms with Crippen LogP contribution < -0.4 is 4.72 Å². The maximum atomic E-state index is 13.1. The van der Waals surface area contributed by atoms with Crippen molar-refractivity contribution in [3.63, 3.8) is 0 Å². The van der Waals surface area contributed by atoms with Gasteiger partial charge in [-0.25, -0.2) is 17.5 Å². The summed E-state index contributed by atoms with van der Waals surface area (Å²) in [5.74, 6) is -1.05. The molecule has 0 saturated carbocycles. The molecule has 1 aliphatic heterocycles. The molecule has 9 heteroatoms. The monoisotopic (exact) mass is 360 g/mol. The Morgan fingerprint density at radius 1 is 1.50 bits per heavy atom. The van der Waals surface area contributed by atoms with Crippen molar-refractivity contribution < 1.29 is 27.8 Å². The van der Waals surface area contributed by atoms with Crippen LogP contribution in [0.5, 0.6) is 0 Å². The molecule has 134 valence electrons. The Balaban J connectivity index is 2.01. The Kier molecular flexibility index (Phi) is 5.28. The fourth-order valence-corrected chi connectivity index (χ4v) is 3.71. The highest BCUT2D eigenvalue weighted by Gasteiger charge is 2.37. The lowest BCUT2D eigenvalue weighted by Crippen LogP contribution is -2.56. The van der Waals surface area contributed by atoms with E-state index >= 15 is 0 Å². The number of halogens is 1. The van der Waals surface area contributed by atoms with Crippen LogP contribution in [0.15, 0.2) is 23.1 Å². The molecule has 1 fully saturated rings. The minimum Gasteiger partial charge on any atom is -0.388 e. The molecule has 1 aliphatic rings. The smallest absolute Gasteiger partial charge is 0.241 e. The molecule has 1 aromatic rings. The predicted octanol–water partition coefficient (Wildman–Crippen LogP) is -0.243. The number of β-amino-alcohol motifs (C(OH)–C–C–N with tert-alkyl or cyclic N) is 1. The quantitative estimate of drug-likeness (QED) is 0.687. The van der Waals surface area contributed by atoms with Crippen molar-refractivity contribution in [3.05, 3.63) is 29.6 Å². The normalized spacial score (nSPS) is 24.9. The van der Waals surface area contributed by atoms with Crippen LogP contribution in [0.3, 0.4) is 0 Å². The molecule has 1 saturated heterocycles. The number of hydrogen-bond acceptors (Lipinski definition) is 5. The molecule has 0 radical (unpaired) electrons. The number of carbonyl (C=O) groups is 1. The number of amides is 1. The van der Waals surface area contributed by atoms with Gasteiger partial charge in [0.25, 0.3) is 0 Å². The number of benzene rings is 1. The van der Waals surface area contributed by atoms with E-state index in [1.807, 2.05) is 0 Å². The number of carbonyl (C=O) groups excluding carboxylic acids is 1. The summed E-state index contributed by atoms with van der Waals surface area (Å²) in [5.41, 5.74) is -1.03. The van der Waals surface area contributed by atoms with Gasteiger partial charge in [0.15, 0.2) is 0 Å². The molecule has 0 spiro atoms. The molecule has 0 bridgehead atoms. The first-order chi connectivity index (χ1) is 11.0. The molecule has 2 atom stereocenters. The molecule has 0 aliphatic carbocycles. The molecule has 24 heavy (non-hydrogen) atoms. The topological polar surface area (TPSA) is 107 Å².